The second-order valence-electron chi connectivity index (χ2n) is 15.8. The van der Waals surface area contributed by atoms with E-state index in [0.29, 0.717) is 36.0 Å². The van der Waals surface area contributed by atoms with E-state index in [0.717, 1.165) is 57.8 Å². The van der Waals surface area contributed by atoms with Crippen LogP contribution in [0.5, 0.6) is 0 Å². The number of fused-ring (bicyclic) bond motifs is 7. The molecule has 0 amide bonds. The molecule has 40 heavy (non-hydrogen) atoms. The summed E-state index contributed by atoms with van der Waals surface area (Å²) < 4.78 is 34.3. The summed E-state index contributed by atoms with van der Waals surface area (Å²) in [5.74, 6) is 1.91. The summed E-state index contributed by atoms with van der Waals surface area (Å²) in [5, 5.41) is 0. The maximum absolute atomic E-state index is 11.8. The van der Waals surface area contributed by atoms with Crippen LogP contribution >= 0.6 is 15.6 Å². The lowest BCUT2D eigenvalue weighted by molar-refractivity contribution is -0.248. The highest BCUT2D eigenvalue weighted by Gasteiger charge is 2.71. The number of hydrogen-bond donors (Lipinski definition) is 4. The van der Waals surface area contributed by atoms with E-state index < -0.39 is 21.7 Å². The summed E-state index contributed by atoms with van der Waals surface area (Å²) in [4.78, 5) is 38.4. The Labute approximate surface area is 240 Å². The number of rotatable bonds is 6. The Morgan fingerprint density at radius 1 is 0.800 bits per heavy atom. The Morgan fingerprint density at radius 3 is 2.08 bits per heavy atom. The molecule has 7 unspecified atom stereocenters. The molecule has 0 aliphatic heterocycles. The first-order valence-corrected chi connectivity index (χ1v) is 18.4. The molecule has 0 saturated heterocycles. The normalized spacial score (nSPS) is 48.5. The van der Waals surface area contributed by atoms with Crippen LogP contribution in [0.2, 0.25) is 0 Å². The van der Waals surface area contributed by atoms with Gasteiger partial charge in [-0.1, -0.05) is 46.8 Å². The fourth-order valence-corrected chi connectivity index (χ4v) is 13.2. The molecule has 4 N–H and O–H groups in total. The zero-order chi connectivity index (χ0) is 29.7. The van der Waals surface area contributed by atoms with Crippen molar-refractivity contribution in [2.45, 2.75) is 112 Å². The summed E-state index contributed by atoms with van der Waals surface area (Å²) in [6.07, 6.45) is 9.28. The van der Waals surface area contributed by atoms with E-state index >= 15 is 0 Å². The van der Waals surface area contributed by atoms with Crippen molar-refractivity contribution in [1.82, 2.24) is 0 Å². The van der Waals surface area contributed by atoms with Crippen molar-refractivity contribution < 1.29 is 37.8 Å². The van der Waals surface area contributed by atoms with Gasteiger partial charge in [0, 0.05) is 0 Å². The van der Waals surface area contributed by atoms with Crippen LogP contribution in [0.4, 0.5) is 0 Å². The maximum atomic E-state index is 11.8. The number of allylic oxidation sites excluding steroid dienone is 1. The average Bonchev–Trinajstić information content (AvgIpc) is 3.19. The Morgan fingerprint density at radius 2 is 1.48 bits per heavy atom. The lowest BCUT2D eigenvalue weighted by atomic mass is 9.32. The molecular weight excluding hydrogens is 550 g/mol. The van der Waals surface area contributed by atoms with Crippen LogP contribution in [0, 0.1) is 56.7 Å². The van der Waals surface area contributed by atoms with Crippen molar-refractivity contribution in [2.75, 3.05) is 6.61 Å². The highest BCUT2D eigenvalue weighted by Crippen LogP contribution is 2.78. The molecule has 10 heteroatoms. The predicted octanol–water partition coefficient (Wildman–Crippen LogP) is 7.23. The minimum atomic E-state index is -4.57. The largest absolute Gasteiger partial charge is 0.469 e. The van der Waals surface area contributed by atoms with Crippen LogP contribution in [0.25, 0.3) is 0 Å². The van der Waals surface area contributed by atoms with Gasteiger partial charge >= 0.3 is 15.6 Å². The van der Waals surface area contributed by atoms with E-state index in [9.17, 15) is 28.7 Å². The van der Waals surface area contributed by atoms with Crippen LogP contribution < -0.4 is 0 Å². The quantitative estimate of drug-likeness (QED) is 0.185. The molecule has 230 valence electrons. The zero-order valence-corrected chi connectivity index (χ0v) is 27.1. The second kappa shape index (κ2) is 9.73. The second-order valence-corrected chi connectivity index (χ2v) is 18.2. The number of phosphoric acid groups is 2. The van der Waals surface area contributed by atoms with Gasteiger partial charge in [0.2, 0.25) is 0 Å². The van der Waals surface area contributed by atoms with Crippen molar-refractivity contribution in [2.24, 2.45) is 56.7 Å². The zero-order valence-electron chi connectivity index (χ0n) is 25.3. The third-order valence-electron chi connectivity index (χ3n) is 14.0. The molecule has 0 aromatic rings. The van der Waals surface area contributed by atoms with Crippen LogP contribution in [-0.2, 0) is 18.2 Å². The first-order chi connectivity index (χ1) is 18.2. The van der Waals surface area contributed by atoms with Gasteiger partial charge in [0.1, 0.15) is 0 Å². The Hall–Kier alpha value is -0.0400. The number of hydrogen-bond acceptors (Lipinski definition) is 4. The Bertz CT molecular complexity index is 1130. The molecule has 0 heterocycles. The first kappa shape index (κ1) is 31.4. The van der Waals surface area contributed by atoms with Crippen LogP contribution in [0.1, 0.15) is 106 Å². The maximum Gasteiger partial charge on any atom is 0.469 e. The van der Waals surface area contributed by atoms with Crippen LogP contribution in [-0.4, -0.2) is 32.3 Å². The van der Waals surface area contributed by atoms with Crippen molar-refractivity contribution >= 4 is 15.6 Å². The third kappa shape index (κ3) is 4.71. The monoisotopic (exact) mass is 602 g/mol. The molecule has 0 aromatic heterocycles. The summed E-state index contributed by atoms with van der Waals surface area (Å²) >= 11 is 0. The molecule has 0 bridgehead atoms. The fraction of sp³-hybridized carbons (Fsp3) is 0.933. The van der Waals surface area contributed by atoms with Crippen molar-refractivity contribution in [3.63, 3.8) is 0 Å². The molecule has 5 aliphatic rings. The minimum absolute atomic E-state index is 0.0563. The molecule has 5 aliphatic carbocycles. The van der Waals surface area contributed by atoms with Gasteiger partial charge in [0.05, 0.1) is 12.7 Å². The van der Waals surface area contributed by atoms with E-state index in [1.54, 1.807) is 0 Å². The van der Waals surface area contributed by atoms with E-state index in [2.05, 4.69) is 48.1 Å². The van der Waals surface area contributed by atoms with Crippen molar-refractivity contribution in [3.8, 4) is 0 Å². The molecule has 5 fully saturated rings. The standard InChI is InChI=1S/C30H52O8P2/c1-19(2)20-10-15-30(18-37-39(31,32)33)17-16-28(6)21(25(20)30)8-9-23-27(5)13-12-24(38-40(34,35)36)26(3,4)22(27)11-14-29(23,28)7/h20-25H,1,8-18H2,2-7H3,(H2,31,32,33)(H2,34,35,36)/t20?,21?,22?,23?,24-,25?,27?,28-,29?,30+/m0/s1. The van der Waals surface area contributed by atoms with Gasteiger partial charge < -0.3 is 19.6 Å². The van der Waals surface area contributed by atoms with Crippen molar-refractivity contribution in [3.05, 3.63) is 12.2 Å². The van der Waals surface area contributed by atoms with Gasteiger partial charge in [0.25, 0.3) is 0 Å². The summed E-state index contributed by atoms with van der Waals surface area (Å²) in [5.41, 5.74) is 0.861. The van der Waals surface area contributed by atoms with E-state index in [-0.39, 0.29) is 33.7 Å². The summed E-state index contributed by atoms with van der Waals surface area (Å²) in [7, 11) is -9.13. The summed E-state index contributed by atoms with van der Waals surface area (Å²) in [6, 6.07) is 0. The van der Waals surface area contributed by atoms with Crippen molar-refractivity contribution in [1.29, 1.82) is 0 Å². The predicted molar refractivity (Wildman–Crippen MR) is 154 cm³/mol. The van der Waals surface area contributed by atoms with Crippen LogP contribution in [0.15, 0.2) is 12.2 Å². The highest BCUT2D eigenvalue weighted by atomic mass is 31.2. The molecule has 8 nitrogen and oxygen atoms in total. The lowest BCUT2D eigenvalue weighted by Crippen LogP contribution is -2.67. The lowest BCUT2D eigenvalue weighted by Gasteiger charge is -2.73. The average molecular weight is 603 g/mol. The molecule has 10 atom stereocenters. The number of phosphoric ester groups is 2. The van der Waals surface area contributed by atoms with Gasteiger partial charge in [-0.3, -0.25) is 9.05 Å². The highest BCUT2D eigenvalue weighted by molar-refractivity contribution is 7.46. The first-order valence-electron chi connectivity index (χ1n) is 15.3. The van der Waals surface area contributed by atoms with E-state index in [4.69, 9.17) is 9.05 Å². The fourth-order valence-electron chi connectivity index (χ4n) is 12.1. The molecule has 0 spiro atoms. The SMILES string of the molecule is C=C(C)C1CC[C@]2(COP(=O)(O)O)CC[C@@]3(C)C(CCC4C5(C)CC[C@H](OP(=O)(O)O)C(C)(C)C5CCC43C)C12. The van der Waals surface area contributed by atoms with Gasteiger partial charge in [-0.05, 0) is 128 Å². The van der Waals surface area contributed by atoms with E-state index in [1.165, 1.54) is 5.57 Å². The Kier molecular flexibility index (Phi) is 7.63. The molecule has 5 rings (SSSR count). The summed E-state index contributed by atoms with van der Waals surface area (Å²) in [6.45, 7) is 18.4. The molecular formula is C30H52O8P2. The van der Waals surface area contributed by atoms with Gasteiger partial charge in [0.15, 0.2) is 0 Å². The topological polar surface area (TPSA) is 134 Å². The van der Waals surface area contributed by atoms with E-state index in [1.807, 2.05) is 0 Å². The third-order valence-corrected chi connectivity index (χ3v) is 15.0. The Balaban J connectivity index is 1.49. The minimum Gasteiger partial charge on any atom is -0.303 e. The molecule has 0 aromatic carbocycles. The van der Waals surface area contributed by atoms with Gasteiger partial charge in [-0.15, -0.1) is 0 Å². The van der Waals surface area contributed by atoms with Crippen LogP contribution in [0.3, 0.4) is 0 Å². The molecule has 0 radical (unpaired) electrons. The molecule has 5 saturated carbocycles. The van der Waals surface area contributed by atoms with Gasteiger partial charge in [-0.25, -0.2) is 9.13 Å². The smallest absolute Gasteiger partial charge is 0.303 e. The van der Waals surface area contributed by atoms with Gasteiger partial charge in [-0.2, -0.15) is 0 Å².